The van der Waals surface area contributed by atoms with Gasteiger partial charge in [-0.15, -0.1) is 0 Å². The fourth-order valence-electron chi connectivity index (χ4n) is 1.79. The maximum Gasteiger partial charge on any atom is 0.305 e. The van der Waals surface area contributed by atoms with Crippen molar-refractivity contribution in [2.45, 2.75) is 25.7 Å². The second kappa shape index (κ2) is 8.68. The van der Waals surface area contributed by atoms with Gasteiger partial charge in [-0.1, -0.05) is 6.42 Å². The SMILES string of the molecule is COC(=O)CCCCCNC(=S)N1CCNC(=O)C1. The van der Waals surface area contributed by atoms with Gasteiger partial charge < -0.3 is 20.3 Å². The van der Waals surface area contributed by atoms with E-state index in [1.165, 1.54) is 7.11 Å². The molecule has 1 aliphatic rings. The smallest absolute Gasteiger partial charge is 0.305 e. The van der Waals surface area contributed by atoms with Gasteiger partial charge in [0.25, 0.3) is 0 Å². The molecule has 1 heterocycles. The predicted molar refractivity (Wildman–Crippen MR) is 75.7 cm³/mol. The van der Waals surface area contributed by atoms with Crippen LogP contribution in [0.25, 0.3) is 0 Å². The first-order valence-corrected chi connectivity index (χ1v) is 6.90. The monoisotopic (exact) mass is 287 g/mol. The van der Waals surface area contributed by atoms with Crippen LogP contribution in [0.4, 0.5) is 0 Å². The molecule has 0 radical (unpaired) electrons. The Labute approximate surface area is 118 Å². The maximum atomic E-state index is 11.2. The summed E-state index contributed by atoms with van der Waals surface area (Å²) in [6.45, 7) is 2.48. The van der Waals surface area contributed by atoms with Crippen molar-refractivity contribution in [3.8, 4) is 0 Å². The first-order valence-electron chi connectivity index (χ1n) is 6.50. The summed E-state index contributed by atoms with van der Waals surface area (Å²) in [5, 5.41) is 6.52. The van der Waals surface area contributed by atoms with Crippen LogP contribution in [0.1, 0.15) is 25.7 Å². The molecule has 108 valence electrons. The summed E-state index contributed by atoms with van der Waals surface area (Å²) in [6.07, 6.45) is 3.18. The lowest BCUT2D eigenvalue weighted by Crippen LogP contribution is -2.52. The number of ether oxygens (including phenoxy) is 1. The van der Waals surface area contributed by atoms with Crippen LogP contribution in [0.5, 0.6) is 0 Å². The highest BCUT2D eigenvalue weighted by Gasteiger charge is 2.17. The van der Waals surface area contributed by atoms with Crippen molar-refractivity contribution < 1.29 is 14.3 Å². The van der Waals surface area contributed by atoms with Gasteiger partial charge in [-0.25, -0.2) is 0 Å². The van der Waals surface area contributed by atoms with Gasteiger partial charge in [0, 0.05) is 26.1 Å². The lowest BCUT2D eigenvalue weighted by atomic mass is 10.2. The molecule has 0 atom stereocenters. The molecule has 0 spiro atoms. The van der Waals surface area contributed by atoms with Gasteiger partial charge in [0.15, 0.2) is 5.11 Å². The van der Waals surface area contributed by atoms with Crippen molar-refractivity contribution >= 4 is 29.2 Å². The number of hydrogen-bond acceptors (Lipinski definition) is 4. The molecule has 0 saturated carbocycles. The minimum atomic E-state index is -0.164. The number of carbonyl (C=O) groups excluding carboxylic acids is 2. The van der Waals surface area contributed by atoms with Crippen LogP contribution in [-0.2, 0) is 14.3 Å². The summed E-state index contributed by atoms with van der Waals surface area (Å²) in [6, 6.07) is 0. The number of amides is 1. The van der Waals surface area contributed by atoms with Crippen LogP contribution in [0.3, 0.4) is 0 Å². The molecular weight excluding hydrogens is 266 g/mol. The van der Waals surface area contributed by atoms with Gasteiger partial charge >= 0.3 is 5.97 Å². The first kappa shape index (κ1) is 15.7. The number of hydrogen-bond donors (Lipinski definition) is 2. The van der Waals surface area contributed by atoms with Gasteiger partial charge in [-0.2, -0.15) is 0 Å². The Morgan fingerprint density at radius 3 is 2.95 bits per heavy atom. The first-order chi connectivity index (χ1) is 9.13. The van der Waals surface area contributed by atoms with E-state index in [4.69, 9.17) is 12.2 Å². The number of unbranched alkanes of at least 4 members (excludes halogenated alkanes) is 2. The molecule has 0 aromatic carbocycles. The average molecular weight is 287 g/mol. The Kier molecular flexibility index (Phi) is 7.17. The Hall–Kier alpha value is -1.37. The molecule has 0 aliphatic carbocycles. The zero-order valence-electron chi connectivity index (χ0n) is 11.2. The minimum Gasteiger partial charge on any atom is -0.469 e. The van der Waals surface area contributed by atoms with Crippen molar-refractivity contribution in [2.24, 2.45) is 0 Å². The molecular formula is C12H21N3O3S. The predicted octanol–water partition coefficient (Wildman–Crippen LogP) is 0.0261. The van der Waals surface area contributed by atoms with E-state index in [0.717, 1.165) is 32.4 Å². The van der Waals surface area contributed by atoms with Crippen molar-refractivity contribution in [3.05, 3.63) is 0 Å². The third-order valence-electron chi connectivity index (χ3n) is 2.89. The molecule has 19 heavy (non-hydrogen) atoms. The summed E-state index contributed by atoms with van der Waals surface area (Å²) in [5.74, 6) is -0.156. The van der Waals surface area contributed by atoms with E-state index in [1.807, 2.05) is 4.90 Å². The van der Waals surface area contributed by atoms with Crippen LogP contribution >= 0.6 is 12.2 Å². The fraction of sp³-hybridized carbons (Fsp3) is 0.750. The Bertz CT molecular complexity index is 336. The lowest BCUT2D eigenvalue weighted by Gasteiger charge is -2.29. The number of rotatable bonds is 6. The summed E-state index contributed by atoms with van der Waals surface area (Å²) in [5.41, 5.74) is 0. The van der Waals surface area contributed by atoms with E-state index < -0.39 is 0 Å². The largest absolute Gasteiger partial charge is 0.469 e. The Morgan fingerprint density at radius 1 is 1.47 bits per heavy atom. The second-order valence-electron chi connectivity index (χ2n) is 4.39. The Balaban J connectivity index is 2.04. The summed E-state index contributed by atoms with van der Waals surface area (Å²) >= 11 is 5.23. The molecule has 1 aliphatic heterocycles. The van der Waals surface area contributed by atoms with Crippen molar-refractivity contribution in [1.29, 1.82) is 0 Å². The average Bonchev–Trinajstić information content (AvgIpc) is 2.42. The van der Waals surface area contributed by atoms with Gasteiger partial charge in [0.2, 0.25) is 5.91 Å². The molecule has 2 N–H and O–H groups in total. The van der Waals surface area contributed by atoms with E-state index in [9.17, 15) is 9.59 Å². The number of esters is 1. The minimum absolute atomic E-state index is 0.00785. The van der Waals surface area contributed by atoms with E-state index in [1.54, 1.807) is 0 Å². The number of nitrogens with one attached hydrogen (secondary N) is 2. The molecule has 0 bridgehead atoms. The van der Waals surface area contributed by atoms with Gasteiger partial charge in [-0.3, -0.25) is 9.59 Å². The van der Waals surface area contributed by atoms with Crippen LogP contribution in [0.2, 0.25) is 0 Å². The third-order valence-corrected chi connectivity index (χ3v) is 3.29. The number of thiocarbonyl (C=S) groups is 1. The Morgan fingerprint density at radius 2 is 2.26 bits per heavy atom. The van der Waals surface area contributed by atoms with Crippen LogP contribution in [0, 0.1) is 0 Å². The third kappa shape index (κ3) is 6.37. The zero-order chi connectivity index (χ0) is 14.1. The van der Waals surface area contributed by atoms with Crippen LogP contribution < -0.4 is 10.6 Å². The number of nitrogens with zero attached hydrogens (tertiary/aromatic N) is 1. The molecule has 6 nitrogen and oxygen atoms in total. The number of methoxy groups -OCH3 is 1. The van der Waals surface area contributed by atoms with Gasteiger partial charge in [0.1, 0.15) is 0 Å². The molecule has 1 saturated heterocycles. The normalized spacial score (nSPS) is 14.8. The van der Waals surface area contributed by atoms with E-state index in [-0.39, 0.29) is 11.9 Å². The second-order valence-corrected chi connectivity index (χ2v) is 4.78. The van der Waals surface area contributed by atoms with Crippen molar-refractivity contribution in [2.75, 3.05) is 33.3 Å². The van der Waals surface area contributed by atoms with E-state index in [0.29, 0.717) is 24.6 Å². The number of carbonyl (C=O) groups is 2. The molecule has 1 amide bonds. The standard InChI is InChI=1S/C12H21N3O3S/c1-18-11(17)5-3-2-4-6-14-12(19)15-8-7-13-10(16)9-15/h2-9H2,1H3,(H,13,16)(H,14,19). The quantitative estimate of drug-likeness (QED) is 0.408. The fourth-order valence-corrected chi connectivity index (χ4v) is 2.05. The van der Waals surface area contributed by atoms with Crippen molar-refractivity contribution in [1.82, 2.24) is 15.5 Å². The summed E-state index contributed by atoms with van der Waals surface area (Å²) in [4.78, 5) is 24.0. The van der Waals surface area contributed by atoms with E-state index >= 15 is 0 Å². The van der Waals surface area contributed by atoms with E-state index in [2.05, 4.69) is 15.4 Å². The highest BCUT2D eigenvalue weighted by molar-refractivity contribution is 7.80. The zero-order valence-corrected chi connectivity index (χ0v) is 12.1. The summed E-state index contributed by atoms with van der Waals surface area (Å²) < 4.78 is 4.56. The molecule has 0 aromatic heterocycles. The van der Waals surface area contributed by atoms with Gasteiger partial charge in [-0.05, 0) is 25.1 Å². The molecule has 1 fully saturated rings. The van der Waals surface area contributed by atoms with Gasteiger partial charge in [0.05, 0.1) is 13.7 Å². The van der Waals surface area contributed by atoms with Crippen LogP contribution in [-0.4, -0.2) is 55.2 Å². The molecule has 1 rings (SSSR count). The topological polar surface area (TPSA) is 70.7 Å². The highest BCUT2D eigenvalue weighted by atomic mass is 32.1. The maximum absolute atomic E-state index is 11.2. The van der Waals surface area contributed by atoms with Crippen LogP contribution in [0.15, 0.2) is 0 Å². The summed E-state index contributed by atoms with van der Waals surface area (Å²) in [7, 11) is 1.40. The molecule has 0 unspecified atom stereocenters. The molecule has 0 aromatic rings. The van der Waals surface area contributed by atoms with Crippen molar-refractivity contribution in [3.63, 3.8) is 0 Å². The number of piperazine rings is 1. The molecule has 7 heteroatoms. The highest BCUT2D eigenvalue weighted by Crippen LogP contribution is 2.01. The lowest BCUT2D eigenvalue weighted by molar-refractivity contribution is -0.140.